The van der Waals surface area contributed by atoms with Crippen LogP contribution >= 0.6 is 34.0 Å². The lowest BCUT2D eigenvalue weighted by Gasteiger charge is -1.72. The zero-order valence-corrected chi connectivity index (χ0v) is 12.8. The van der Waals surface area contributed by atoms with Gasteiger partial charge in [-0.15, -0.1) is 34.0 Å². The first-order chi connectivity index (χ1) is 10.2. The van der Waals surface area contributed by atoms with Gasteiger partial charge >= 0.3 is 5.56 Å². The Balaban J connectivity index is 0.000000110. The highest BCUT2D eigenvalue weighted by Crippen LogP contribution is 2.39. The molecule has 21 heavy (non-hydrogen) atoms. The highest BCUT2D eigenvalue weighted by atomic mass is 32.2. The maximum atomic E-state index is 10.8. The molecule has 0 saturated carbocycles. The first-order valence-corrected chi connectivity index (χ1v) is 8.57. The smallest absolute Gasteiger partial charge is 0.281 e. The van der Waals surface area contributed by atoms with E-state index in [1.807, 2.05) is 34.0 Å². The molecule has 0 N–H and O–H groups in total. The minimum absolute atomic E-state index is 0.185. The fourth-order valence-corrected chi connectivity index (χ4v) is 5.45. The summed E-state index contributed by atoms with van der Waals surface area (Å²) in [6, 6.07) is 5.96. The van der Waals surface area contributed by atoms with Crippen molar-refractivity contribution in [2.75, 3.05) is 0 Å². The largest absolute Gasteiger partial charge is 0.320 e. The maximum Gasteiger partial charge on any atom is 0.320 e. The van der Waals surface area contributed by atoms with Crippen LogP contribution in [0.2, 0.25) is 0 Å². The molecule has 102 valence electrons. The molecule has 5 rings (SSSR count). The van der Waals surface area contributed by atoms with Crippen molar-refractivity contribution in [3.63, 3.8) is 0 Å². The first-order valence-electron chi connectivity index (χ1n) is 5.99. The van der Waals surface area contributed by atoms with Gasteiger partial charge in [-0.1, -0.05) is 0 Å². The van der Waals surface area contributed by atoms with Gasteiger partial charge < -0.3 is 0 Å². The summed E-state index contributed by atoms with van der Waals surface area (Å²) < 4.78 is 4.37. The molecule has 0 radical (unpaired) electrons. The summed E-state index contributed by atoms with van der Waals surface area (Å²) in [5.74, 6) is 0. The molecule has 0 atom stereocenters. The lowest BCUT2D eigenvalue weighted by molar-refractivity contribution is 1.30. The standard InChI is InChI=1S/C8H4S3.C6H2N2O2/c1-3-10-8-5(1)7-6(11-8)2-4-9-7;9-5-4-3(1-2-7-4)8-6(5)10/h1-4H;1-2H. The topological polar surface area (TPSA) is 59.9 Å². The summed E-state index contributed by atoms with van der Waals surface area (Å²) in [6.07, 6.45) is 1.46. The van der Waals surface area contributed by atoms with E-state index in [0.29, 0.717) is 5.69 Å². The van der Waals surface area contributed by atoms with E-state index in [1.54, 1.807) is 0 Å². The zero-order chi connectivity index (χ0) is 14.4. The van der Waals surface area contributed by atoms with Crippen LogP contribution in [0.15, 0.2) is 44.7 Å². The molecule has 0 unspecified atom stereocenters. The molecule has 7 heteroatoms. The predicted octanol–water partition coefficient (Wildman–Crippen LogP) is 3.35. The number of hydrogen-bond donors (Lipinski definition) is 0. The third-order valence-electron chi connectivity index (χ3n) is 3.02. The number of nitrogens with zero attached hydrogens (tertiary/aromatic N) is 2. The van der Waals surface area contributed by atoms with E-state index >= 15 is 0 Å². The number of hydrogen-bond acceptors (Lipinski definition) is 7. The third kappa shape index (κ3) is 2.01. The van der Waals surface area contributed by atoms with E-state index in [0.717, 1.165) is 0 Å². The van der Waals surface area contributed by atoms with Gasteiger partial charge in [0.2, 0.25) is 0 Å². The second kappa shape index (κ2) is 4.80. The van der Waals surface area contributed by atoms with Crippen molar-refractivity contribution < 1.29 is 0 Å². The minimum Gasteiger partial charge on any atom is -0.281 e. The highest BCUT2D eigenvalue weighted by Gasteiger charge is 2.14. The Kier molecular flexibility index (Phi) is 2.91. The van der Waals surface area contributed by atoms with Gasteiger partial charge in [0, 0.05) is 16.3 Å². The molecule has 3 aromatic rings. The highest BCUT2D eigenvalue weighted by molar-refractivity contribution is 7.43. The maximum absolute atomic E-state index is 10.8. The molecule has 0 aromatic carbocycles. The molecule has 0 saturated heterocycles. The molecule has 3 aromatic heterocycles. The summed E-state index contributed by atoms with van der Waals surface area (Å²) in [5, 5.41) is 5.78. The van der Waals surface area contributed by atoms with E-state index < -0.39 is 11.0 Å². The zero-order valence-electron chi connectivity index (χ0n) is 10.4. The van der Waals surface area contributed by atoms with Crippen molar-refractivity contribution >= 4 is 52.8 Å². The van der Waals surface area contributed by atoms with Gasteiger partial charge in [0.25, 0.3) is 5.43 Å². The Labute approximate surface area is 130 Å². The van der Waals surface area contributed by atoms with Crippen LogP contribution in [-0.4, -0.2) is 9.97 Å². The summed E-state index contributed by atoms with van der Waals surface area (Å²) in [7, 11) is 0. The van der Waals surface area contributed by atoms with Gasteiger partial charge in [-0.05, 0) is 29.0 Å². The van der Waals surface area contributed by atoms with Crippen LogP contribution in [0.3, 0.4) is 0 Å². The lowest BCUT2D eigenvalue weighted by Crippen LogP contribution is -2.19. The van der Waals surface area contributed by atoms with Crippen LogP contribution < -0.4 is 11.0 Å². The Hall–Kier alpha value is -1.96. The second-order valence-corrected chi connectivity index (χ2v) is 7.41. The van der Waals surface area contributed by atoms with Gasteiger partial charge in [0.1, 0.15) is 5.69 Å². The number of thiophene rings is 3. The van der Waals surface area contributed by atoms with Gasteiger partial charge in [0.05, 0.1) is 14.4 Å². The van der Waals surface area contributed by atoms with Crippen LogP contribution in [0.1, 0.15) is 0 Å². The quantitative estimate of drug-likeness (QED) is 0.409. The van der Waals surface area contributed by atoms with Crippen LogP contribution in [0.4, 0.5) is 0 Å². The Morgan fingerprint density at radius 3 is 2.71 bits per heavy atom. The molecule has 4 nitrogen and oxygen atoms in total. The number of rotatable bonds is 0. The summed E-state index contributed by atoms with van der Waals surface area (Å²) in [6.45, 7) is 0. The van der Waals surface area contributed by atoms with Crippen molar-refractivity contribution in [1.82, 2.24) is 9.97 Å². The van der Waals surface area contributed by atoms with Crippen molar-refractivity contribution in [3.8, 4) is 11.4 Å². The Morgan fingerprint density at radius 2 is 1.86 bits per heavy atom. The van der Waals surface area contributed by atoms with Gasteiger partial charge in [-0.25, -0.2) is 4.98 Å². The molecule has 0 amide bonds. The molecular formula is C14H6N2O2S3. The van der Waals surface area contributed by atoms with Gasteiger partial charge in [-0.3, -0.25) is 14.6 Å². The molecule has 5 heterocycles. The van der Waals surface area contributed by atoms with Crippen LogP contribution in [-0.2, 0) is 0 Å². The SMILES string of the molecule is O=c1nc2ccnc-2c1=O.c1cc2c(s1)sc1ccsc12. The molecule has 0 fully saturated rings. The van der Waals surface area contributed by atoms with E-state index in [1.165, 1.54) is 31.1 Å². The van der Waals surface area contributed by atoms with E-state index in [2.05, 4.69) is 32.9 Å². The normalized spacial score (nSPS) is 11.2. The molecular weight excluding hydrogens is 324 g/mol. The first kappa shape index (κ1) is 12.8. The van der Waals surface area contributed by atoms with Crippen LogP contribution in [0.5, 0.6) is 0 Å². The Bertz CT molecular complexity index is 1050. The van der Waals surface area contributed by atoms with Crippen molar-refractivity contribution in [3.05, 3.63) is 55.7 Å². The van der Waals surface area contributed by atoms with E-state index in [-0.39, 0.29) is 5.69 Å². The fourth-order valence-electron chi connectivity index (χ4n) is 2.07. The minimum atomic E-state index is -0.710. The summed E-state index contributed by atoms with van der Waals surface area (Å²) >= 11 is 5.59. The number of fused-ring (bicyclic) bond motifs is 4. The lowest BCUT2D eigenvalue weighted by atomic mass is 10.4. The summed E-state index contributed by atoms with van der Waals surface area (Å²) in [5.41, 5.74) is -0.724. The van der Waals surface area contributed by atoms with E-state index in [9.17, 15) is 9.59 Å². The van der Waals surface area contributed by atoms with Gasteiger partial charge in [-0.2, -0.15) is 0 Å². The molecule has 0 aliphatic carbocycles. The monoisotopic (exact) mass is 330 g/mol. The van der Waals surface area contributed by atoms with Crippen molar-refractivity contribution in [2.24, 2.45) is 0 Å². The Morgan fingerprint density at radius 1 is 1.00 bits per heavy atom. The fraction of sp³-hybridized carbons (Fsp3) is 0. The molecule has 2 aliphatic heterocycles. The molecule has 2 aliphatic rings. The number of aromatic nitrogens is 2. The van der Waals surface area contributed by atoms with Crippen molar-refractivity contribution in [1.29, 1.82) is 0 Å². The second-order valence-electron chi connectivity index (χ2n) is 4.26. The predicted molar refractivity (Wildman–Crippen MR) is 88.7 cm³/mol. The average molecular weight is 330 g/mol. The van der Waals surface area contributed by atoms with Crippen LogP contribution in [0, 0.1) is 0 Å². The molecule has 0 bridgehead atoms. The van der Waals surface area contributed by atoms with Crippen molar-refractivity contribution in [2.45, 2.75) is 0 Å². The van der Waals surface area contributed by atoms with Gasteiger partial charge in [0.15, 0.2) is 0 Å². The summed E-state index contributed by atoms with van der Waals surface area (Å²) in [4.78, 5) is 28.4. The third-order valence-corrected chi connectivity index (χ3v) is 6.30. The average Bonchev–Trinajstić information content (AvgIpc) is 3.19. The van der Waals surface area contributed by atoms with E-state index in [4.69, 9.17) is 0 Å². The van der Waals surface area contributed by atoms with Crippen LogP contribution in [0.25, 0.3) is 30.2 Å². The molecule has 0 spiro atoms.